The Kier molecular flexibility index (Phi) is 17.7. The van der Waals surface area contributed by atoms with Gasteiger partial charge in [0.25, 0.3) is 0 Å². The Morgan fingerprint density at radius 1 is 0.770 bits per heavy atom. The molecule has 0 saturated heterocycles. The molecule has 11 atom stereocenters. The maximum absolute atomic E-state index is 13.7. The number of carbonyl (C=O) groups is 4. The first-order valence-electron chi connectivity index (χ1n) is 24.5. The third-order valence-electron chi connectivity index (χ3n) is 15.7. The van der Waals surface area contributed by atoms with Gasteiger partial charge in [-0.25, -0.2) is 9.59 Å². The fraction of sp³-hybridized carbons (Fsp3) is 0.882. The van der Waals surface area contributed by atoms with E-state index in [1.165, 1.54) is 50.5 Å². The van der Waals surface area contributed by atoms with Crippen LogP contribution in [0, 0.1) is 52.3 Å². The molecule has 4 aliphatic carbocycles. The molecule has 350 valence electrons. The summed E-state index contributed by atoms with van der Waals surface area (Å²) >= 11 is 0. The van der Waals surface area contributed by atoms with Gasteiger partial charge in [0.05, 0.1) is 6.42 Å². The minimum absolute atomic E-state index is 0.0146. The maximum Gasteiger partial charge on any atom is 0.407 e. The average Bonchev–Trinajstić information content (AvgIpc) is 3.49. The highest BCUT2D eigenvalue weighted by Gasteiger charge is 2.59. The van der Waals surface area contributed by atoms with Crippen LogP contribution in [0.2, 0.25) is 0 Å². The molecule has 0 aliphatic heterocycles. The molecular formula is C51H89N3O7. The summed E-state index contributed by atoms with van der Waals surface area (Å²) in [5.41, 5.74) is 0.880. The van der Waals surface area contributed by atoms with Crippen molar-refractivity contribution in [1.82, 2.24) is 15.5 Å². The van der Waals surface area contributed by atoms with Crippen LogP contribution in [0.25, 0.3) is 0 Å². The Labute approximate surface area is 371 Å². The summed E-state index contributed by atoms with van der Waals surface area (Å²) in [6.45, 7) is 30.3. The first-order valence-corrected chi connectivity index (χ1v) is 24.5. The molecule has 0 bridgehead atoms. The van der Waals surface area contributed by atoms with E-state index in [-0.39, 0.29) is 48.3 Å². The normalized spacial score (nSPS) is 29.4. The second-order valence-corrected chi connectivity index (χ2v) is 22.9. The quantitative estimate of drug-likeness (QED) is 0.0799. The Balaban J connectivity index is 1.31. The molecule has 3 saturated carbocycles. The zero-order chi connectivity index (χ0) is 45.5. The van der Waals surface area contributed by atoms with Crippen LogP contribution in [0.1, 0.15) is 193 Å². The van der Waals surface area contributed by atoms with Crippen molar-refractivity contribution in [3.05, 3.63) is 11.6 Å². The average molecular weight is 856 g/mol. The van der Waals surface area contributed by atoms with Gasteiger partial charge in [-0.1, -0.05) is 66.0 Å². The van der Waals surface area contributed by atoms with Crippen molar-refractivity contribution < 1.29 is 33.4 Å². The number of amides is 3. The Morgan fingerprint density at radius 3 is 1.90 bits per heavy atom. The van der Waals surface area contributed by atoms with Crippen LogP contribution in [-0.2, 0) is 23.8 Å². The lowest BCUT2D eigenvalue weighted by atomic mass is 9.47. The second kappa shape index (κ2) is 21.3. The molecule has 0 spiro atoms. The minimum atomic E-state index is -0.618. The van der Waals surface area contributed by atoms with Crippen molar-refractivity contribution in [2.45, 2.75) is 223 Å². The second-order valence-electron chi connectivity index (χ2n) is 22.9. The first kappa shape index (κ1) is 50.9. The predicted molar refractivity (Wildman–Crippen MR) is 245 cm³/mol. The van der Waals surface area contributed by atoms with Gasteiger partial charge in [-0.05, 0) is 172 Å². The lowest BCUT2D eigenvalue weighted by Crippen LogP contribution is -2.51. The summed E-state index contributed by atoms with van der Waals surface area (Å²) in [5, 5.41) is 5.71. The van der Waals surface area contributed by atoms with Gasteiger partial charge >= 0.3 is 18.2 Å². The van der Waals surface area contributed by atoms with Gasteiger partial charge < -0.3 is 29.7 Å². The van der Waals surface area contributed by atoms with Crippen molar-refractivity contribution in [3.8, 4) is 0 Å². The number of rotatable bonds is 18. The van der Waals surface area contributed by atoms with E-state index in [2.05, 4.69) is 58.3 Å². The van der Waals surface area contributed by atoms with Crippen LogP contribution in [-0.4, -0.2) is 71.4 Å². The summed E-state index contributed by atoms with van der Waals surface area (Å²) in [6.07, 6.45) is 15.8. The Hall–Kier alpha value is -2.78. The predicted octanol–water partition coefficient (Wildman–Crippen LogP) is 11.8. The highest BCUT2D eigenvalue weighted by molar-refractivity contribution is 5.81. The number of hydrogen-bond acceptors (Lipinski definition) is 7. The molecule has 4 rings (SSSR count). The number of hydrogen-bond donors (Lipinski definition) is 2. The summed E-state index contributed by atoms with van der Waals surface area (Å²) in [4.78, 5) is 53.5. The molecule has 0 aromatic carbocycles. The fourth-order valence-corrected chi connectivity index (χ4v) is 12.2. The molecule has 0 heterocycles. The van der Waals surface area contributed by atoms with E-state index in [1.807, 2.05) is 55.4 Å². The lowest BCUT2D eigenvalue weighted by Gasteiger charge is -2.58. The number of carbonyl (C=O) groups excluding carboxylic acids is 4. The molecule has 3 amide bonds. The SMILES string of the molecule is CC[C@H](CC[C@@H](C)[C@H]1CC[C@H]2[C@@H]3CC=C4C[C@@H](OC(=O)CCC(=O)N(CCC(C)NC(=O)OC(C)(C)C)CCC(C)NC(=O)OC(C)(C)C)CC[C@]4(C)[C@H]3CC[C@]12C)C(C)C. The molecule has 10 heteroatoms. The molecule has 0 aromatic rings. The van der Waals surface area contributed by atoms with Gasteiger partial charge in [-0.3, -0.25) is 9.59 Å². The molecule has 2 unspecified atom stereocenters. The van der Waals surface area contributed by atoms with Crippen LogP contribution in [0.15, 0.2) is 11.6 Å². The number of nitrogens with one attached hydrogen (secondary N) is 2. The summed E-state index contributed by atoms with van der Waals surface area (Å²) in [6, 6.07) is -0.493. The third kappa shape index (κ3) is 14.1. The van der Waals surface area contributed by atoms with Crippen molar-refractivity contribution in [2.75, 3.05) is 13.1 Å². The first-order chi connectivity index (χ1) is 28.3. The fourth-order valence-electron chi connectivity index (χ4n) is 12.2. The number of ether oxygens (including phenoxy) is 3. The van der Waals surface area contributed by atoms with Gasteiger partial charge in [-0.15, -0.1) is 0 Å². The van der Waals surface area contributed by atoms with Crippen molar-refractivity contribution >= 4 is 24.1 Å². The van der Waals surface area contributed by atoms with E-state index >= 15 is 0 Å². The largest absolute Gasteiger partial charge is 0.462 e. The number of allylic oxidation sites excluding steroid dienone is 1. The lowest BCUT2D eigenvalue weighted by molar-refractivity contribution is -0.153. The molecule has 10 nitrogen and oxygen atoms in total. The molecule has 2 N–H and O–H groups in total. The van der Waals surface area contributed by atoms with E-state index in [1.54, 1.807) is 4.90 Å². The maximum atomic E-state index is 13.7. The summed E-state index contributed by atoms with van der Waals surface area (Å²) in [5.74, 6) is 5.03. The molecule has 0 radical (unpaired) electrons. The number of nitrogens with zero attached hydrogens (tertiary/aromatic N) is 1. The number of alkyl carbamates (subject to hydrolysis) is 2. The van der Waals surface area contributed by atoms with Gasteiger partial charge in [0.2, 0.25) is 5.91 Å². The Bertz CT molecular complexity index is 1470. The van der Waals surface area contributed by atoms with Crippen LogP contribution in [0.3, 0.4) is 0 Å². The molecule has 61 heavy (non-hydrogen) atoms. The van der Waals surface area contributed by atoms with E-state index in [9.17, 15) is 19.2 Å². The standard InChI is InChI=1S/C51H89N3O7/c1-15-37(33(2)3)17-16-34(4)41-20-21-42-40-19-18-38-32-39(24-28-50(38,13)43(40)25-29-51(41,42)14)59-45(56)23-22-44(55)54(30-26-35(5)52-46(57)60-48(7,8)9)31-27-36(6)53-47(58)61-49(10,11)12/h18,33-37,39-43H,15-17,19-32H2,1-14H3,(H,52,57)(H,53,58)/t34-,35?,36?,37-,39+,40+,41-,42+,43+,50+,51-/m1/s1. The summed E-state index contributed by atoms with van der Waals surface area (Å²) in [7, 11) is 0. The highest BCUT2D eigenvalue weighted by Crippen LogP contribution is 2.67. The molecular weight excluding hydrogens is 767 g/mol. The number of esters is 1. The van der Waals surface area contributed by atoms with Gasteiger partial charge in [0.1, 0.15) is 17.3 Å². The molecule has 3 fully saturated rings. The van der Waals surface area contributed by atoms with Crippen molar-refractivity contribution in [2.24, 2.45) is 52.3 Å². The highest BCUT2D eigenvalue weighted by atomic mass is 16.6. The summed E-state index contributed by atoms with van der Waals surface area (Å²) < 4.78 is 17.0. The van der Waals surface area contributed by atoms with Crippen LogP contribution in [0.5, 0.6) is 0 Å². The number of fused-ring (bicyclic) bond motifs is 5. The van der Waals surface area contributed by atoms with Crippen molar-refractivity contribution in [1.29, 1.82) is 0 Å². The smallest absolute Gasteiger partial charge is 0.407 e. The molecule has 0 aromatic heterocycles. The zero-order valence-corrected chi connectivity index (χ0v) is 41.2. The monoisotopic (exact) mass is 856 g/mol. The van der Waals surface area contributed by atoms with E-state index in [0.717, 1.165) is 61.2 Å². The van der Waals surface area contributed by atoms with Crippen LogP contribution in [0.4, 0.5) is 9.59 Å². The third-order valence-corrected chi connectivity index (χ3v) is 15.7. The van der Waals surface area contributed by atoms with Gasteiger partial charge in [0.15, 0.2) is 0 Å². The molecule has 4 aliphatic rings. The van der Waals surface area contributed by atoms with Crippen LogP contribution < -0.4 is 10.6 Å². The van der Waals surface area contributed by atoms with E-state index in [4.69, 9.17) is 14.2 Å². The van der Waals surface area contributed by atoms with E-state index in [0.29, 0.717) is 37.3 Å². The van der Waals surface area contributed by atoms with E-state index < -0.39 is 23.4 Å². The van der Waals surface area contributed by atoms with Crippen molar-refractivity contribution in [3.63, 3.8) is 0 Å². The van der Waals surface area contributed by atoms with Gasteiger partial charge in [-0.2, -0.15) is 0 Å². The minimum Gasteiger partial charge on any atom is -0.462 e. The Morgan fingerprint density at radius 2 is 1.36 bits per heavy atom. The van der Waals surface area contributed by atoms with Crippen LogP contribution >= 0.6 is 0 Å². The van der Waals surface area contributed by atoms with Gasteiger partial charge in [0, 0.05) is 38.0 Å². The zero-order valence-electron chi connectivity index (χ0n) is 41.2. The topological polar surface area (TPSA) is 123 Å².